The SMILES string of the molecule is Cc1cc(C)c(C(C#N)NCCCN=[N+]=[N-])c(C)c1. The van der Waals surface area contributed by atoms with Gasteiger partial charge in [-0.2, -0.15) is 5.26 Å². The maximum Gasteiger partial charge on any atom is 0.121 e. The Bertz CT molecular complexity index is 500. The third-order valence-corrected chi connectivity index (χ3v) is 3.00. The largest absolute Gasteiger partial charge is 0.298 e. The second-order valence-electron chi connectivity index (χ2n) is 4.64. The van der Waals surface area contributed by atoms with E-state index in [9.17, 15) is 5.26 Å². The number of hydrogen-bond acceptors (Lipinski definition) is 3. The molecule has 0 aliphatic carbocycles. The molecule has 100 valence electrons. The van der Waals surface area contributed by atoms with Crippen LogP contribution in [0.25, 0.3) is 10.4 Å². The number of nitrogens with one attached hydrogen (secondary N) is 1. The van der Waals surface area contributed by atoms with Gasteiger partial charge in [-0.1, -0.05) is 22.8 Å². The number of rotatable bonds is 6. The normalized spacial score (nSPS) is 11.5. The first kappa shape index (κ1) is 15.0. The Hall–Kier alpha value is -2.02. The zero-order valence-corrected chi connectivity index (χ0v) is 11.6. The Kier molecular flexibility index (Phi) is 5.87. The lowest BCUT2D eigenvalue weighted by Crippen LogP contribution is -2.23. The van der Waals surface area contributed by atoms with Crippen LogP contribution in [0.5, 0.6) is 0 Å². The summed E-state index contributed by atoms with van der Waals surface area (Å²) in [5, 5.41) is 16.0. The summed E-state index contributed by atoms with van der Waals surface area (Å²) < 4.78 is 0. The van der Waals surface area contributed by atoms with Crippen molar-refractivity contribution in [2.75, 3.05) is 13.1 Å². The first-order chi connectivity index (χ1) is 9.10. The van der Waals surface area contributed by atoms with Gasteiger partial charge in [-0.15, -0.1) is 0 Å². The molecule has 1 unspecified atom stereocenters. The second-order valence-corrected chi connectivity index (χ2v) is 4.64. The van der Waals surface area contributed by atoms with Crippen LogP contribution < -0.4 is 5.32 Å². The number of hydrogen-bond donors (Lipinski definition) is 1. The molecule has 0 saturated carbocycles. The maximum atomic E-state index is 9.31. The van der Waals surface area contributed by atoms with Crippen LogP contribution in [0, 0.1) is 32.1 Å². The molecule has 0 aliphatic rings. The third-order valence-electron chi connectivity index (χ3n) is 3.00. The predicted octanol–water partition coefficient (Wildman–Crippen LogP) is 3.47. The molecule has 0 heterocycles. The van der Waals surface area contributed by atoms with E-state index in [1.807, 2.05) is 13.8 Å². The van der Waals surface area contributed by atoms with Crippen LogP contribution in [0.2, 0.25) is 0 Å². The van der Waals surface area contributed by atoms with Crippen molar-refractivity contribution in [3.63, 3.8) is 0 Å². The molecule has 1 aromatic carbocycles. The number of benzene rings is 1. The van der Waals surface area contributed by atoms with Crippen LogP contribution in [-0.4, -0.2) is 13.1 Å². The van der Waals surface area contributed by atoms with Crippen LogP contribution in [0.1, 0.15) is 34.7 Å². The average molecular weight is 257 g/mol. The molecule has 0 bridgehead atoms. The Balaban J connectivity index is 2.75. The Labute approximate surface area is 113 Å². The molecule has 1 aromatic rings. The fraction of sp³-hybridized carbons (Fsp3) is 0.500. The van der Waals surface area contributed by atoms with Gasteiger partial charge in [0.2, 0.25) is 0 Å². The highest BCUT2D eigenvalue weighted by Gasteiger charge is 2.15. The third kappa shape index (κ3) is 4.29. The standard InChI is InChI=1S/C14H19N5/c1-10-7-11(2)14(12(3)8-10)13(9-15)17-5-4-6-18-19-16/h7-8,13,17H,4-6H2,1-3H3. The summed E-state index contributed by atoms with van der Waals surface area (Å²) in [4.78, 5) is 2.70. The van der Waals surface area contributed by atoms with Crippen molar-refractivity contribution in [3.8, 4) is 6.07 Å². The molecule has 0 aromatic heterocycles. The van der Waals surface area contributed by atoms with Crippen LogP contribution in [0.4, 0.5) is 0 Å². The number of aryl methyl sites for hydroxylation is 3. The fourth-order valence-corrected chi connectivity index (χ4v) is 2.30. The van der Waals surface area contributed by atoms with E-state index < -0.39 is 0 Å². The molecular weight excluding hydrogens is 238 g/mol. The van der Waals surface area contributed by atoms with Gasteiger partial charge in [0.25, 0.3) is 0 Å². The summed E-state index contributed by atoms with van der Waals surface area (Å²) in [6.45, 7) is 7.22. The van der Waals surface area contributed by atoms with E-state index in [1.54, 1.807) is 0 Å². The van der Waals surface area contributed by atoms with Gasteiger partial charge in [0.1, 0.15) is 6.04 Å². The van der Waals surface area contributed by atoms with E-state index in [0.717, 1.165) is 23.1 Å². The van der Waals surface area contributed by atoms with E-state index >= 15 is 0 Å². The van der Waals surface area contributed by atoms with E-state index in [-0.39, 0.29) is 6.04 Å². The molecule has 5 heteroatoms. The summed E-state index contributed by atoms with van der Waals surface area (Å²) in [7, 11) is 0. The van der Waals surface area contributed by atoms with Crippen molar-refractivity contribution < 1.29 is 0 Å². The molecule has 1 atom stereocenters. The summed E-state index contributed by atoms with van der Waals surface area (Å²) in [6.07, 6.45) is 0.728. The van der Waals surface area contributed by atoms with E-state index in [4.69, 9.17) is 5.53 Å². The molecule has 0 radical (unpaired) electrons. The minimum atomic E-state index is -0.313. The van der Waals surface area contributed by atoms with Gasteiger partial charge in [0, 0.05) is 11.5 Å². The smallest absolute Gasteiger partial charge is 0.121 e. The maximum absolute atomic E-state index is 9.31. The van der Waals surface area contributed by atoms with Gasteiger partial charge in [-0.3, -0.25) is 5.32 Å². The van der Waals surface area contributed by atoms with Gasteiger partial charge in [0.05, 0.1) is 6.07 Å². The van der Waals surface area contributed by atoms with Crippen LogP contribution >= 0.6 is 0 Å². The number of nitriles is 1. The van der Waals surface area contributed by atoms with Gasteiger partial charge in [-0.25, -0.2) is 0 Å². The van der Waals surface area contributed by atoms with Crippen molar-refractivity contribution in [2.24, 2.45) is 5.11 Å². The highest BCUT2D eigenvalue weighted by Crippen LogP contribution is 2.23. The zero-order valence-electron chi connectivity index (χ0n) is 11.6. The van der Waals surface area contributed by atoms with Crippen molar-refractivity contribution in [1.29, 1.82) is 5.26 Å². The topological polar surface area (TPSA) is 84.6 Å². The summed E-state index contributed by atoms with van der Waals surface area (Å²) in [5.74, 6) is 0. The van der Waals surface area contributed by atoms with Gasteiger partial charge in [0.15, 0.2) is 0 Å². The molecule has 19 heavy (non-hydrogen) atoms. The minimum Gasteiger partial charge on any atom is -0.298 e. The molecule has 5 nitrogen and oxygen atoms in total. The molecule has 0 fully saturated rings. The fourth-order valence-electron chi connectivity index (χ4n) is 2.30. The predicted molar refractivity (Wildman–Crippen MR) is 75.6 cm³/mol. The van der Waals surface area contributed by atoms with Crippen molar-refractivity contribution in [1.82, 2.24) is 5.32 Å². The molecule has 1 rings (SSSR count). The monoisotopic (exact) mass is 257 g/mol. The summed E-state index contributed by atoms with van der Waals surface area (Å²) >= 11 is 0. The highest BCUT2D eigenvalue weighted by atomic mass is 15.1. The van der Waals surface area contributed by atoms with E-state index in [0.29, 0.717) is 13.1 Å². The highest BCUT2D eigenvalue weighted by molar-refractivity contribution is 5.41. The Morgan fingerprint density at radius 1 is 1.37 bits per heavy atom. The van der Waals surface area contributed by atoms with E-state index in [1.165, 1.54) is 5.56 Å². The Morgan fingerprint density at radius 3 is 2.53 bits per heavy atom. The first-order valence-electron chi connectivity index (χ1n) is 6.31. The molecular formula is C14H19N5. The van der Waals surface area contributed by atoms with Crippen LogP contribution in [-0.2, 0) is 0 Å². The van der Waals surface area contributed by atoms with Crippen molar-refractivity contribution in [2.45, 2.75) is 33.2 Å². The Morgan fingerprint density at radius 2 is 2.00 bits per heavy atom. The van der Waals surface area contributed by atoms with Gasteiger partial charge < -0.3 is 0 Å². The quantitative estimate of drug-likeness (QED) is 0.366. The summed E-state index contributed by atoms with van der Waals surface area (Å²) in [5.41, 5.74) is 12.7. The average Bonchev–Trinajstić information content (AvgIpc) is 2.35. The van der Waals surface area contributed by atoms with Crippen LogP contribution in [0.15, 0.2) is 17.2 Å². The first-order valence-corrected chi connectivity index (χ1v) is 6.31. The number of nitrogens with zero attached hydrogens (tertiary/aromatic N) is 4. The summed E-state index contributed by atoms with van der Waals surface area (Å²) in [6, 6.07) is 6.17. The second kappa shape index (κ2) is 7.42. The molecule has 0 amide bonds. The lowest BCUT2D eigenvalue weighted by molar-refractivity contribution is 0.603. The minimum absolute atomic E-state index is 0.313. The number of azide groups is 1. The molecule has 0 spiro atoms. The van der Waals surface area contributed by atoms with Crippen molar-refractivity contribution >= 4 is 0 Å². The molecule has 0 aliphatic heterocycles. The van der Waals surface area contributed by atoms with E-state index in [2.05, 4.69) is 40.5 Å². The van der Waals surface area contributed by atoms with Gasteiger partial charge in [-0.05, 0) is 56.0 Å². The molecule has 0 saturated heterocycles. The lowest BCUT2D eigenvalue weighted by atomic mass is 9.94. The molecule has 1 N–H and O–H groups in total. The zero-order chi connectivity index (χ0) is 14.3. The lowest BCUT2D eigenvalue weighted by Gasteiger charge is -2.17. The van der Waals surface area contributed by atoms with Crippen molar-refractivity contribution in [3.05, 3.63) is 44.8 Å². The van der Waals surface area contributed by atoms with Crippen LogP contribution in [0.3, 0.4) is 0 Å². The van der Waals surface area contributed by atoms with Gasteiger partial charge >= 0.3 is 0 Å².